The number of hydrogen-bond acceptors (Lipinski definition) is 6. The predicted octanol–water partition coefficient (Wildman–Crippen LogP) is 3.68. The molecule has 0 saturated carbocycles. The second-order valence-electron chi connectivity index (χ2n) is 6.85. The van der Waals surface area contributed by atoms with E-state index in [0.29, 0.717) is 26.2 Å². The summed E-state index contributed by atoms with van der Waals surface area (Å²) in [5.41, 5.74) is 2.14. The molecule has 0 unspecified atom stereocenters. The second-order valence-corrected chi connectivity index (χ2v) is 7.71. The molecule has 148 valence electrons. The average Bonchev–Trinajstić information content (AvgIpc) is 3.23. The molecule has 1 fully saturated rings. The highest BCUT2D eigenvalue weighted by atomic mass is 32.1. The van der Waals surface area contributed by atoms with Gasteiger partial charge in [-0.15, -0.1) is 11.3 Å². The van der Waals surface area contributed by atoms with Gasteiger partial charge in [-0.2, -0.15) is 0 Å². The summed E-state index contributed by atoms with van der Waals surface area (Å²) >= 11 is 1.63. The van der Waals surface area contributed by atoms with Gasteiger partial charge in [-0.05, 0) is 6.07 Å². The van der Waals surface area contributed by atoms with Crippen LogP contribution < -0.4 is 0 Å². The smallest absolute Gasteiger partial charge is 0.282 e. The number of nitrogens with zero attached hydrogens (tertiary/aromatic N) is 4. The molecule has 1 amide bonds. The van der Waals surface area contributed by atoms with E-state index in [2.05, 4.69) is 22.4 Å². The summed E-state index contributed by atoms with van der Waals surface area (Å²) in [5, 5.41) is 14.3. The molecule has 1 aromatic heterocycles. The lowest BCUT2D eigenvalue weighted by molar-refractivity contribution is -0.385. The maximum Gasteiger partial charge on any atom is 0.282 e. The number of carbonyl (C=O) groups is 1. The molecule has 4 rings (SSSR count). The number of aromatic nitrogens is 1. The highest BCUT2D eigenvalue weighted by Gasteiger charge is 2.27. The summed E-state index contributed by atoms with van der Waals surface area (Å²) in [6, 6.07) is 16.2. The Morgan fingerprint density at radius 2 is 1.72 bits per heavy atom. The largest absolute Gasteiger partial charge is 0.336 e. The van der Waals surface area contributed by atoms with E-state index in [9.17, 15) is 14.9 Å². The van der Waals surface area contributed by atoms with Gasteiger partial charge in [0, 0.05) is 49.7 Å². The third kappa shape index (κ3) is 4.33. The number of piperazine rings is 1. The first-order valence-corrected chi connectivity index (χ1v) is 10.2. The third-order valence-electron chi connectivity index (χ3n) is 4.95. The standard InChI is InChI=1S/C21H20N4O3S/c26-21(18-8-4-5-9-19(18)25(27)28)24-12-10-23(11-13-24)14-17-15-29-20(22-17)16-6-2-1-3-7-16/h1-9,15H,10-14H2. The summed E-state index contributed by atoms with van der Waals surface area (Å²) in [6.07, 6.45) is 0. The zero-order chi connectivity index (χ0) is 20.2. The molecule has 1 saturated heterocycles. The van der Waals surface area contributed by atoms with Crippen LogP contribution in [0.3, 0.4) is 0 Å². The Morgan fingerprint density at radius 3 is 2.45 bits per heavy atom. The van der Waals surface area contributed by atoms with Gasteiger partial charge >= 0.3 is 0 Å². The molecule has 3 aromatic rings. The molecule has 1 aliphatic heterocycles. The number of nitro groups is 1. The topological polar surface area (TPSA) is 79.6 Å². The molecule has 29 heavy (non-hydrogen) atoms. The third-order valence-corrected chi connectivity index (χ3v) is 5.89. The highest BCUT2D eigenvalue weighted by Crippen LogP contribution is 2.24. The Kier molecular flexibility index (Phi) is 5.64. The minimum Gasteiger partial charge on any atom is -0.336 e. The van der Waals surface area contributed by atoms with Crippen LogP contribution in [-0.2, 0) is 6.54 Å². The summed E-state index contributed by atoms with van der Waals surface area (Å²) in [6.45, 7) is 3.24. The lowest BCUT2D eigenvalue weighted by Gasteiger charge is -2.34. The fourth-order valence-corrected chi connectivity index (χ4v) is 4.23. The van der Waals surface area contributed by atoms with Crippen LogP contribution in [0.5, 0.6) is 0 Å². The summed E-state index contributed by atoms with van der Waals surface area (Å²) in [7, 11) is 0. The van der Waals surface area contributed by atoms with E-state index in [0.717, 1.165) is 22.8 Å². The number of amides is 1. The molecule has 2 heterocycles. The van der Waals surface area contributed by atoms with Gasteiger partial charge in [0.25, 0.3) is 11.6 Å². The van der Waals surface area contributed by atoms with Gasteiger partial charge in [-0.3, -0.25) is 19.8 Å². The average molecular weight is 408 g/mol. The molecule has 0 aliphatic carbocycles. The SMILES string of the molecule is O=C(c1ccccc1[N+](=O)[O-])N1CCN(Cc2csc(-c3ccccc3)n2)CC1. The summed E-state index contributed by atoms with van der Waals surface area (Å²) in [5.74, 6) is -0.281. The molecule has 7 nitrogen and oxygen atoms in total. The maximum absolute atomic E-state index is 12.7. The molecule has 0 atom stereocenters. The summed E-state index contributed by atoms with van der Waals surface area (Å²) in [4.78, 5) is 32.1. The zero-order valence-corrected chi connectivity index (χ0v) is 16.5. The van der Waals surface area contributed by atoms with Crippen molar-refractivity contribution in [1.82, 2.24) is 14.8 Å². The van der Waals surface area contributed by atoms with Crippen LogP contribution in [0.2, 0.25) is 0 Å². The van der Waals surface area contributed by atoms with Crippen molar-refractivity contribution in [3.05, 3.63) is 81.3 Å². The lowest BCUT2D eigenvalue weighted by atomic mass is 10.1. The maximum atomic E-state index is 12.7. The molecule has 0 bridgehead atoms. The lowest BCUT2D eigenvalue weighted by Crippen LogP contribution is -2.48. The van der Waals surface area contributed by atoms with Crippen molar-refractivity contribution in [3.63, 3.8) is 0 Å². The summed E-state index contributed by atoms with van der Waals surface area (Å²) < 4.78 is 0. The van der Waals surface area contributed by atoms with Crippen molar-refractivity contribution in [3.8, 4) is 10.6 Å². The van der Waals surface area contributed by atoms with Crippen LogP contribution in [0, 0.1) is 10.1 Å². The molecular formula is C21H20N4O3S. The van der Waals surface area contributed by atoms with Crippen molar-refractivity contribution in [2.24, 2.45) is 0 Å². The van der Waals surface area contributed by atoms with Crippen molar-refractivity contribution in [2.75, 3.05) is 26.2 Å². The van der Waals surface area contributed by atoms with Crippen LogP contribution in [0.15, 0.2) is 60.0 Å². The van der Waals surface area contributed by atoms with Crippen molar-refractivity contribution < 1.29 is 9.72 Å². The van der Waals surface area contributed by atoms with Crippen molar-refractivity contribution in [2.45, 2.75) is 6.54 Å². The van der Waals surface area contributed by atoms with Gasteiger partial charge in [0.05, 0.1) is 10.6 Å². The van der Waals surface area contributed by atoms with Gasteiger partial charge in [0.1, 0.15) is 10.6 Å². The van der Waals surface area contributed by atoms with E-state index < -0.39 is 4.92 Å². The van der Waals surface area contributed by atoms with Crippen molar-refractivity contribution >= 4 is 22.9 Å². The Labute approximate surface area is 172 Å². The quantitative estimate of drug-likeness (QED) is 0.475. The van der Waals surface area contributed by atoms with Crippen LogP contribution in [0.1, 0.15) is 16.1 Å². The van der Waals surface area contributed by atoms with Crippen LogP contribution in [0.4, 0.5) is 5.69 Å². The molecule has 0 radical (unpaired) electrons. The van der Waals surface area contributed by atoms with E-state index in [-0.39, 0.29) is 17.2 Å². The van der Waals surface area contributed by atoms with E-state index in [1.54, 1.807) is 28.4 Å². The van der Waals surface area contributed by atoms with Gasteiger partial charge in [0.15, 0.2) is 0 Å². The van der Waals surface area contributed by atoms with Crippen LogP contribution in [0.25, 0.3) is 10.6 Å². The Balaban J connectivity index is 1.36. The number of hydrogen-bond donors (Lipinski definition) is 0. The van der Waals surface area contributed by atoms with E-state index in [1.807, 2.05) is 18.2 Å². The Hall–Kier alpha value is -3.10. The number of rotatable bonds is 5. The highest BCUT2D eigenvalue weighted by molar-refractivity contribution is 7.13. The Bertz CT molecular complexity index is 1010. The first kappa shape index (κ1) is 19.2. The molecular weight excluding hydrogens is 388 g/mol. The Morgan fingerprint density at radius 1 is 1.03 bits per heavy atom. The monoisotopic (exact) mass is 408 g/mol. The van der Waals surface area contributed by atoms with E-state index in [4.69, 9.17) is 4.98 Å². The first-order chi connectivity index (χ1) is 14.1. The molecule has 0 N–H and O–H groups in total. The second kappa shape index (κ2) is 8.50. The number of para-hydroxylation sites is 1. The van der Waals surface area contributed by atoms with Crippen LogP contribution in [-0.4, -0.2) is 51.8 Å². The van der Waals surface area contributed by atoms with Gasteiger partial charge < -0.3 is 4.90 Å². The van der Waals surface area contributed by atoms with E-state index in [1.165, 1.54) is 12.1 Å². The van der Waals surface area contributed by atoms with Gasteiger partial charge in [0.2, 0.25) is 0 Å². The fraction of sp³-hybridized carbons (Fsp3) is 0.238. The number of nitro benzene ring substituents is 1. The number of thiazole rings is 1. The minimum atomic E-state index is -0.504. The van der Waals surface area contributed by atoms with Crippen LogP contribution >= 0.6 is 11.3 Å². The number of carbonyl (C=O) groups excluding carboxylic acids is 1. The first-order valence-electron chi connectivity index (χ1n) is 9.36. The molecule has 1 aliphatic rings. The van der Waals surface area contributed by atoms with Crippen molar-refractivity contribution in [1.29, 1.82) is 0 Å². The molecule has 2 aromatic carbocycles. The normalized spacial score (nSPS) is 14.7. The fourth-order valence-electron chi connectivity index (χ4n) is 3.42. The van der Waals surface area contributed by atoms with E-state index >= 15 is 0 Å². The molecule has 0 spiro atoms. The predicted molar refractivity (Wildman–Crippen MR) is 112 cm³/mol. The molecule has 8 heteroatoms. The minimum absolute atomic E-state index is 0.143. The van der Waals surface area contributed by atoms with Gasteiger partial charge in [-0.25, -0.2) is 4.98 Å². The zero-order valence-electron chi connectivity index (χ0n) is 15.7. The van der Waals surface area contributed by atoms with Gasteiger partial charge in [-0.1, -0.05) is 42.5 Å². The number of benzene rings is 2.